The number of aromatic amines is 1. The Hall–Kier alpha value is -2.14. The van der Waals surface area contributed by atoms with E-state index in [0.29, 0.717) is 18.8 Å². The topological polar surface area (TPSA) is 58.2 Å². The summed E-state index contributed by atoms with van der Waals surface area (Å²) in [5, 5.41) is 0. The molecule has 1 atom stereocenters. The number of H-pyrrole nitrogens is 1. The molecule has 1 aromatic heterocycles. The highest BCUT2D eigenvalue weighted by Gasteiger charge is 2.24. The number of nitrogens with one attached hydrogen (secondary N) is 1. The molecule has 1 aliphatic heterocycles. The molecule has 1 amide bonds. The van der Waals surface area contributed by atoms with Crippen LogP contribution in [0.25, 0.3) is 0 Å². The van der Waals surface area contributed by atoms with Gasteiger partial charge < -0.3 is 14.6 Å². The zero-order chi connectivity index (χ0) is 18.5. The lowest BCUT2D eigenvalue weighted by molar-refractivity contribution is 0.0524. The quantitative estimate of drug-likeness (QED) is 0.824. The monoisotopic (exact) mass is 355 g/mol. The molecule has 26 heavy (non-hydrogen) atoms. The maximum atomic E-state index is 13.0. The SMILES string of the molecule is Cc1ccc(CCN(C[C@@H]2CCCO2)C(=O)c2cnc(C(C)C)[nH]2)cc1. The summed E-state index contributed by atoms with van der Waals surface area (Å²) in [4.78, 5) is 22.5. The first kappa shape index (κ1) is 18.6. The van der Waals surface area contributed by atoms with Gasteiger partial charge in [0.1, 0.15) is 11.5 Å². The maximum Gasteiger partial charge on any atom is 0.272 e. The van der Waals surface area contributed by atoms with Gasteiger partial charge in [-0.15, -0.1) is 0 Å². The maximum absolute atomic E-state index is 13.0. The number of ether oxygens (including phenoxy) is 1. The van der Waals surface area contributed by atoms with Crippen LogP contribution in [0.1, 0.15) is 60.0 Å². The first-order chi connectivity index (χ1) is 12.5. The molecule has 1 aromatic carbocycles. The van der Waals surface area contributed by atoms with Crippen molar-refractivity contribution < 1.29 is 9.53 Å². The summed E-state index contributed by atoms with van der Waals surface area (Å²) in [5.74, 6) is 1.13. The second-order valence-electron chi connectivity index (χ2n) is 7.46. The van der Waals surface area contributed by atoms with Crippen molar-refractivity contribution in [1.29, 1.82) is 0 Å². The molecule has 2 aromatic rings. The number of rotatable bonds is 7. The van der Waals surface area contributed by atoms with Crippen molar-refractivity contribution in [1.82, 2.24) is 14.9 Å². The lowest BCUT2D eigenvalue weighted by atomic mass is 10.1. The van der Waals surface area contributed by atoms with Gasteiger partial charge in [-0.1, -0.05) is 43.7 Å². The number of amides is 1. The summed E-state index contributed by atoms with van der Waals surface area (Å²) in [7, 11) is 0. The Kier molecular flexibility index (Phi) is 6.09. The highest BCUT2D eigenvalue weighted by atomic mass is 16.5. The highest BCUT2D eigenvalue weighted by Crippen LogP contribution is 2.17. The molecular formula is C21H29N3O2. The number of imidazole rings is 1. The Labute approximate surface area is 155 Å². The summed E-state index contributed by atoms with van der Waals surface area (Å²) in [6, 6.07) is 8.50. The number of carbonyl (C=O) groups excluding carboxylic acids is 1. The highest BCUT2D eigenvalue weighted by molar-refractivity contribution is 5.92. The van der Waals surface area contributed by atoms with Crippen LogP contribution >= 0.6 is 0 Å². The van der Waals surface area contributed by atoms with Crippen LogP contribution in [0.2, 0.25) is 0 Å². The number of hydrogen-bond acceptors (Lipinski definition) is 3. The van der Waals surface area contributed by atoms with Gasteiger partial charge in [0.15, 0.2) is 0 Å². The van der Waals surface area contributed by atoms with E-state index < -0.39 is 0 Å². The van der Waals surface area contributed by atoms with E-state index in [0.717, 1.165) is 31.7 Å². The third-order valence-corrected chi connectivity index (χ3v) is 4.90. The van der Waals surface area contributed by atoms with Crippen molar-refractivity contribution in [2.24, 2.45) is 0 Å². The third kappa shape index (κ3) is 4.73. The van der Waals surface area contributed by atoms with E-state index in [2.05, 4.69) is 55.0 Å². The van der Waals surface area contributed by atoms with Gasteiger partial charge in [0.05, 0.1) is 12.3 Å². The van der Waals surface area contributed by atoms with E-state index >= 15 is 0 Å². The van der Waals surface area contributed by atoms with E-state index in [4.69, 9.17) is 4.74 Å². The van der Waals surface area contributed by atoms with Crippen LogP contribution in [0.4, 0.5) is 0 Å². The fourth-order valence-electron chi connectivity index (χ4n) is 3.24. The molecule has 0 radical (unpaired) electrons. The molecule has 1 aliphatic rings. The second-order valence-corrected chi connectivity index (χ2v) is 7.46. The largest absolute Gasteiger partial charge is 0.376 e. The van der Waals surface area contributed by atoms with Gasteiger partial charge in [0.2, 0.25) is 0 Å². The van der Waals surface area contributed by atoms with Crippen LogP contribution in [0, 0.1) is 6.92 Å². The lowest BCUT2D eigenvalue weighted by Gasteiger charge is -2.25. The van der Waals surface area contributed by atoms with Gasteiger partial charge in [0, 0.05) is 25.6 Å². The molecule has 140 valence electrons. The number of carbonyl (C=O) groups is 1. The summed E-state index contributed by atoms with van der Waals surface area (Å²) >= 11 is 0. The molecule has 1 N–H and O–H groups in total. The van der Waals surface area contributed by atoms with Crippen LogP contribution in [0.3, 0.4) is 0 Å². The minimum atomic E-state index is 0.00649. The van der Waals surface area contributed by atoms with Crippen LogP contribution in [-0.4, -0.2) is 46.6 Å². The zero-order valence-electron chi connectivity index (χ0n) is 16.0. The van der Waals surface area contributed by atoms with Crippen LogP contribution in [0.15, 0.2) is 30.5 Å². The molecule has 5 heteroatoms. The summed E-state index contributed by atoms with van der Waals surface area (Å²) in [6.07, 6.45) is 4.74. The molecule has 0 aliphatic carbocycles. The molecule has 0 unspecified atom stereocenters. The molecule has 2 heterocycles. The third-order valence-electron chi connectivity index (χ3n) is 4.90. The van der Waals surface area contributed by atoms with Gasteiger partial charge in [0.25, 0.3) is 5.91 Å². The van der Waals surface area contributed by atoms with Crippen LogP contribution < -0.4 is 0 Å². The zero-order valence-corrected chi connectivity index (χ0v) is 16.0. The second kappa shape index (κ2) is 8.49. The Morgan fingerprint density at radius 3 is 2.73 bits per heavy atom. The number of aromatic nitrogens is 2. The summed E-state index contributed by atoms with van der Waals surface area (Å²) in [5.41, 5.74) is 3.06. The smallest absolute Gasteiger partial charge is 0.272 e. The van der Waals surface area contributed by atoms with Crippen molar-refractivity contribution in [3.63, 3.8) is 0 Å². The Balaban J connectivity index is 1.70. The van der Waals surface area contributed by atoms with Gasteiger partial charge in [-0.05, 0) is 31.7 Å². The molecule has 0 spiro atoms. The molecular weight excluding hydrogens is 326 g/mol. The molecule has 5 nitrogen and oxygen atoms in total. The normalized spacial score (nSPS) is 17.0. The summed E-state index contributed by atoms with van der Waals surface area (Å²) < 4.78 is 5.76. The Morgan fingerprint density at radius 1 is 1.35 bits per heavy atom. The van der Waals surface area contributed by atoms with Crippen molar-refractivity contribution >= 4 is 5.91 Å². The minimum absolute atomic E-state index is 0.00649. The van der Waals surface area contributed by atoms with Crippen molar-refractivity contribution in [2.75, 3.05) is 19.7 Å². The minimum Gasteiger partial charge on any atom is -0.376 e. The first-order valence-corrected chi connectivity index (χ1v) is 9.54. The standard InChI is InChI=1S/C21H29N3O2/c1-15(2)20-22-13-19(23-20)21(25)24(14-18-5-4-12-26-18)11-10-17-8-6-16(3)7-9-17/h6-9,13,15,18H,4-5,10-12,14H2,1-3H3,(H,22,23)/t18-/m0/s1. The number of nitrogens with zero attached hydrogens (tertiary/aromatic N) is 2. The molecule has 0 saturated carbocycles. The van der Waals surface area contributed by atoms with E-state index in [9.17, 15) is 4.79 Å². The predicted molar refractivity (Wildman–Crippen MR) is 102 cm³/mol. The number of hydrogen-bond donors (Lipinski definition) is 1. The molecule has 0 bridgehead atoms. The van der Waals surface area contributed by atoms with E-state index in [1.165, 1.54) is 11.1 Å². The average molecular weight is 355 g/mol. The number of benzene rings is 1. The van der Waals surface area contributed by atoms with Crippen LogP contribution in [-0.2, 0) is 11.2 Å². The lowest BCUT2D eigenvalue weighted by Crippen LogP contribution is -2.39. The molecule has 3 rings (SSSR count). The van der Waals surface area contributed by atoms with Gasteiger partial charge in [-0.2, -0.15) is 0 Å². The van der Waals surface area contributed by atoms with Gasteiger partial charge >= 0.3 is 0 Å². The fraction of sp³-hybridized carbons (Fsp3) is 0.524. The van der Waals surface area contributed by atoms with E-state index in [1.807, 2.05) is 4.90 Å². The van der Waals surface area contributed by atoms with Gasteiger partial charge in [-0.25, -0.2) is 4.98 Å². The Bertz CT molecular complexity index is 715. The molecule has 1 fully saturated rings. The number of aryl methyl sites for hydroxylation is 1. The fourth-order valence-corrected chi connectivity index (χ4v) is 3.24. The van der Waals surface area contributed by atoms with Gasteiger partial charge in [-0.3, -0.25) is 4.79 Å². The van der Waals surface area contributed by atoms with E-state index in [-0.39, 0.29) is 17.9 Å². The predicted octanol–water partition coefficient (Wildman–Crippen LogP) is 3.71. The van der Waals surface area contributed by atoms with Crippen LogP contribution in [0.5, 0.6) is 0 Å². The first-order valence-electron chi connectivity index (χ1n) is 9.54. The van der Waals surface area contributed by atoms with Crippen molar-refractivity contribution in [2.45, 2.75) is 52.1 Å². The summed E-state index contributed by atoms with van der Waals surface area (Å²) in [6.45, 7) is 8.33. The average Bonchev–Trinajstić information content (AvgIpc) is 3.31. The Morgan fingerprint density at radius 2 is 2.12 bits per heavy atom. The van der Waals surface area contributed by atoms with Crippen molar-refractivity contribution in [3.8, 4) is 0 Å². The van der Waals surface area contributed by atoms with Crippen molar-refractivity contribution in [3.05, 3.63) is 53.1 Å². The molecule has 1 saturated heterocycles. The van der Waals surface area contributed by atoms with E-state index in [1.54, 1.807) is 6.20 Å².